The Balaban J connectivity index is 1.53. The fraction of sp³-hybridized carbons (Fsp3) is 0.647. The monoisotopic (exact) mass is 293 g/mol. The van der Waals surface area contributed by atoms with Crippen molar-refractivity contribution in [3.63, 3.8) is 0 Å². The predicted octanol–water partition coefficient (Wildman–Crippen LogP) is 3.20. The van der Waals surface area contributed by atoms with Gasteiger partial charge in [-0.2, -0.15) is 0 Å². The highest BCUT2D eigenvalue weighted by molar-refractivity contribution is 6.30. The van der Waals surface area contributed by atoms with E-state index in [4.69, 9.17) is 11.6 Å². The second-order valence-corrected chi connectivity index (χ2v) is 6.85. The second kappa shape index (κ2) is 6.46. The van der Waals surface area contributed by atoms with Crippen LogP contribution in [0, 0.1) is 11.8 Å². The third kappa shape index (κ3) is 3.19. The van der Waals surface area contributed by atoms with Gasteiger partial charge in [-0.25, -0.2) is 0 Å². The lowest BCUT2D eigenvalue weighted by Crippen LogP contribution is -2.38. The molecular formula is C17H24ClNO. The maximum atomic E-state index is 9.48. The first-order valence-corrected chi connectivity index (χ1v) is 8.25. The van der Waals surface area contributed by atoms with Crippen LogP contribution in [0.2, 0.25) is 5.02 Å². The molecule has 0 aliphatic heterocycles. The van der Waals surface area contributed by atoms with Crippen LogP contribution < -0.4 is 5.32 Å². The third-order valence-corrected chi connectivity index (χ3v) is 5.31. The number of hydrogen-bond donors (Lipinski definition) is 2. The van der Waals surface area contributed by atoms with E-state index in [2.05, 4.69) is 17.4 Å². The highest BCUT2D eigenvalue weighted by atomic mass is 35.5. The topological polar surface area (TPSA) is 32.3 Å². The molecule has 3 rings (SSSR count). The Kier molecular flexibility index (Phi) is 4.65. The van der Waals surface area contributed by atoms with Gasteiger partial charge < -0.3 is 10.4 Å². The average molecular weight is 294 g/mol. The molecule has 3 unspecified atom stereocenters. The Hall–Kier alpha value is -0.570. The van der Waals surface area contributed by atoms with Crippen molar-refractivity contribution < 1.29 is 5.11 Å². The molecule has 3 heteroatoms. The molecule has 1 fully saturated rings. The van der Waals surface area contributed by atoms with Gasteiger partial charge >= 0.3 is 0 Å². The van der Waals surface area contributed by atoms with E-state index in [1.54, 1.807) is 0 Å². The number of fused-ring (bicyclic) bond motifs is 1. The smallest absolute Gasteiger partial charge is 0.0462 e. The summed E-state index contributed by atoms with van der Waals surface area (Å²) in [5.41, 5.74) is 2.84. The van der Waals surface area contributed by atoms with E-state index in [-0.39, 0.29) is 0 Å². The lowest BCUT2D eigenvalue weighted by atomic mass is 9.79. The summed E-state index contributed by atoms with van der Waals surface area (Å²) in [5.74, 6) is 1.16. The predicted molar refractivity (Wildman–Crippen MR) is 83.2 cm³/mol. The molecule has 2 aliphatic rings. The van der Waals surface area contributed by atoms with Crippen LogP contribution in [0.4, 0.5) is 0 Å². The van der Waals surface area contributed by atoms with Gasteiger partial charge in [0.25, 0.3) is 0 Å². The number of rotatable bonds is 4. The first-order chi connectivity index (χ1) is 9.76. The van der Waals surface area contributed by atoms with Crippen LogP contribution in [0.25, 0.3) is 0 Å². The van der Waals surface area contributed by atoms with Crippen LogP contribution >= 0.6 is 11.6 Å². The fourth-order valence-corrected chi connectivity index (χ4v) is 4.04. The SMILES string of the molecule is OCC1CCCCC1CNC1Cc2ccc(Cl)cc2C1. The zero-order valence-corrected chi connectivity index (χ0v) is 12.7. The van der Waals surface area contributed by atoms with E-state index in [0.717, 1.165) is 24.4 Å². The lowest BCUT2D eigenvalue weighted by molar-refractivity contribution is 0.131. The molecule has 2 nitrogen and oxygen atoms in total. The molecule has 1 aromatic carbocycles. The number of aliphatic hydroxyl groups is 1. The molecule has 1 saturated carbocycles. The number of nitrogens with one attached hydrogen (secondary N) is 1. The first-order valence-electron chi connectivity index (χ1n) is 7.88. The third-order valence-electron chi connectivity index (χ3n) is 5.07. The minimum atomic E-state index is 0.354. The van der Waals surface area contributed by atoms with Crippen LogP contribution in [0.5, 0.6) is 0 Å². The molecule has 0 aromatic heterocycles. The highest BCUT2D eigenvalue weighted by Gasteiger charge is 2.27. The molecule has 0 radical (unpaired) electrons. The minimum absolute atomic E-state index is 0.354. The van der Waals surface area contributed by atoms with Crippen LogP contribution in [0.3, 0.4) is 0 Å². The van der Waals surface area contributed by atoms with Gasteiger partial charge in [0.1, 0.15) is 0 Å². The number of benzene rings is 1. The molecule has 2 aliphatic carbocycles. The molecule has 0 spiro atoms. The van der Waals surface area contributed by atoms with Gasteiger partial charge in [0.2, 0.25) is 0 Å². The Morgan fingerprint density at radius 1 is 1.10 bits per heavy atom. The summed E-state index contributed by atoms with van der Waals surface area (Å²) in [6, 6.07) is 6.81. The minimum Gasteiger partial charge on any atom is -0.396 e. The number of hydrogen-bond acceptors (Lipinski definition) is 2. The number of halogens is 1. The average Bonchev–Trinajstić information content (AvgIpc) is 2.87. The van der Waals surface area contributed by atoms with E-state index >= 15 is 0 Å². The quantitative estimate of drug-likeness (QED) is 0.893. The van der Waals surface area contributed by atoms with Gasteiger partial charge in [-0.05, 0) is 67.3 Å². The second-order valence-electron chi connectivity index (χ2n) is 6.41. The molecule has 3 atom stereocenters. The maximum Gasteiger partial charge on any atom is 0.0462 e. The molecule has 2 N–H and O–H groups in total. The van der Waals surface area contributed by atoms with Crippen molar-refractivity contribution in [2.75, 3.05) is 13.2 Å². The summed E-state index contributed by atoms with van der Waals surface area (Å²) < 4.78 is 0. The summed E-state index contributed by atoms with van der Waals surface area (Å²) in [6.07, 6.45) is 7.28. The van der Waals surface area contributed by atoms with Gasteiger partial charge in [0, 0.05) is 17.7 Å². The van der Waals surface area contributed by atoms with Crippen LogP contribution in [-0.2, 0) is 12.8 Å². The van der Waals surface area contributed by atoms with Crippen molar-refractivity contribution in [2.45, 2.75) is 44.6 Å². The fourth-order valence-electron chi connectivity index (χ4n) is 3.84. The normalized spacial score (nSPS) is 29.4. The number of aliphatic hydroxyl groups excluding tert-OH is 1. The van der Waals surface area contributed by atoms with Crippen molar-refractivity contribution in [3.05, 3.63) is 34.3 Å². The molecular weight excluding hydrogens is 270 g/mol. The zero-order valence-electron chi connectivity index (χ0n) is 11.9. The Morgan fingerprint density at radius 2 is 1.85 bits per heavy atom. The highest BCUT2D eigenvalue weighted by Crippen LogP contribution is 2.30. The summed E-state index contributed by atoms with van der Waals surface area (Å²) in [5, 5.41) is 14.1. The summed E-state index contributed by atoms with van der Waals surface area (Å²) in [6.45, 7) is 1.41. The molecule has 20 heavy (non-hydrogen) atoms. The molecule has 0 saturated heterocycles. The molecule has 0 heterocycles. The van der Waals surface area contributed by atoms with Crippen LogP contribution in [-0.4, -0.2) is 24.3 Å². The first kappa shape index (κ1) is 14.4. The van der Waals surface area contributed by atoms with E-state index in [1.807, 2.05) is 6.07 Å². The zero-order chi connectivity index (χ0) is 13.9. The standard InChI is InChI=1S/C17H24ClNO/c18-16-6-5-12-8-17(9-15(12)7-16)19-10-13-3-1-2-4-14(13)11-20/h5-7,13-14,17,19-20H,1-4,8-11H2. The Labute approximate surface area is 126 Å². The Morgan fingerprint density at radius 3 is 2.65 bits per heavy atom. The summed E-state index contributed by atoms with van der Waals surface area (Å²) in [4.78, 5) is 0. The van der Waals surface area contributed by atoms with Crippen molar-refractivity contribution in [2.24, 2.45) is 11.8 Å². The lowest BCUT2D eigenvalue weighted by Gasteiger charge is -2.31. The van der Waals surface area contributed by atoms with Gasteiger partial charge in [-0.15, -0.1) is 0 Å². The van der Waals surface area contributed by atoms with Gasteiger partial charge in [0.15, 0.2) is 0 Å². The van der Waals surface area contributed by atoms with E-state index in [9.17, 15) is 5.11 Å². The summed E-state index contributed by atoms with van der Waals surface area (Å²) in [7, 11) is 0. The molecule has 1 aromatic rings. The van der Waals surface area contributed by atoms with Gasteiger partial charge in [-0.3, -0.25) is 0 Å². The maximum absolute atomic E-state index is 9.48. The van der Waals surface area contributed by atoms with E-state index in [0.29, 0.717) is 24.5 Å². The van der Waals surface area contributed by atoms with Crippen molar-refractivity contribution in [3.8, 4) is 0 Å². The van der Waals surface area contributed by atoms with Gasteiger partial charge in [-0.1, -0.05) is 30.5 Å². The van der Waals surface area contributed by atoms with Crippen LogP contribution in [0.1, 0.15) is 36.8 Å². The van der Waals surface area contributed by atoms with E-state index in [1.165, 1.54) is 36.8 Å². The van der Waals surface area contributed by atoms with Crippen molar-refractivity contribution in [1.82, 2.24) is 5.32 Å². The molecule has 0 amide bonds. The Bertz CT molecular complexity index is 462. The largest absolute Gasteiger partial charge is 0.396 e. The summed E-state index contributed by atoms with van der Waals surface area (Å²) >= 11 is 6.06. The molecule has 110 valence electrons. The van der Waals surface area contributed by atoms with Crippen LogP contribution in [0.15, 0.2) is 18.2 Å². The van der Waals surface area contributed by atoms with E-state index < -0.39 is 0 Å². The van der Waals surface area contributed by atoms with Gasteiger partial charge in [0.05, 0.1) is 0 Å². The van der Waals surface area contributed by atoms with Crippen molar-refractivity contribution in [1.29, 1.82) is 0 Å². The van der Waals surface area contributed by atoms with Crippen molar-refractivity contribution >= 4 is 11.6 Å². The molecule has 0 bridgehead atoms.